The maximum Gasteiger partial charge on any atom is 0.330 e. The number of H-pyrrole nitrogens is 1. The third-order valence-electron chi connectivity index (χ3n) is 4.45. The van der Waals surface area contributed by atoms with Crippen molar-refractivity contribution in [3.05, 3.63) is 51.1 Å². The SMILES string of the molecule is CC1CC(Nc2cc(=O)n(C(C)C)c(=O)[nH]2)CN1C(=O)c1ccoc1. The van der Waals surface area contributed by atoms with Crippen molar-refractivity contribution >= 4 is 11.7 Å². The lowest BCUT2D eigenvalue weighted by Crippen LogP contribution is -2.38. The number of nitrogens with one attached hydrogen (secondary N) is 2. The number of hydrogen-bond acceptors (Lipinski definition) is 5. The molecule has 0 radical (unpaired) electrons. The first kappa shape index (κ1) is 17.1. The van der Waals surface area contributed by atoms with Crippen molar-refractivity contribution < 1.29 is 9.21 Å². The zero-order chi connectivity index (χ0) is 18.1. The van der Waals surface area contributed by atoms with Gasteiger partial charge in [0.2, 0.25) is 0 Å². The van der Waals surface area contributed by atoms with Gasteiger partial charge in [-0.3, -0.25) is 19.1 Å². The zero-order valence-corrected chi connectivity index (χ0v) is 14.5. The summed E-state index contributed by atoms with van der Waals surface area (Å²) in [5, 5.41) is 3.16. The molecule has 2 aromatic heterocycles. The number of furan rings is 1. The Morgan fingerprint density at radius 2 is 2.16 bits per heavy atom. The predicted octanol–water partition coefficient (Wildman–Crippen LogP) is 1.43. The molecule has 1 aliphatic rings. The Hall–Kier alpha value is -2.77. The van der Waals surface area contributed by atoms with Crippen LogP contribution in [0.5, 0.6) is 0 Å². The largest absolute Gasteiger partial charge is 0.472 e. The van der Waals surface area contributed by atoms with E-state index in [0.717, 1.165) is 11.0 Å². The number of carbonyl (C=O) groups excluding carboxylic acids is 1. The van der Waals surface area contributed by atoms with Gasteiger partial charge in [0.25, 0.3) is 11.5 Å². The normalized spacial score (nSPS) is 20.2. The van der Waals surface area contributed by atoms with Crippen molar-refractivity contribution in [1.82, 2.24) is 14.5 Å². The van der Waals surface area contributed by atoms with Crippen LogP contribution >= 0.6 is 0 Å². The molecule has 3 heterocycles. The van der Waals surface area contributed by atoms with E-state index in [0.29, 0.717) is 17.9 Å². The Labute approximate surface area is 144 Å². The molecule has 0 bridgehead atoms. The minimum atomic E-state index is -0.442. The summed E-state index contributed by atoms with van der Waals surface area (Å²) in [4.78, 5) is 41.1. The van der Waals surface area contributed by atoms with Gasteiger partial charge in [-0.15, -0.1) is 0 Å². The van der Waals surface area contributed by atoms with Gasteiger partial charge in [-0.25, -0.2) is 4.79 Å². The van der Waals surface area contributed by atoms with Crippen molar-refractivity contribution in [3.63, 3.8) is 0 Å². The third kappa shape index (κ3) is 3.38. The molecule has 2 unspecified atom stereocenters. The van der Waals surface area contributed by atoms with E-state index in [1.165, 1.54) is 18.6 Å². The monoisotopic (exact) mass is 346 g/mol. The lowest BCUT2D eigenvalue weighted by atomic mass is 10.2. The molecule has 1 fully saturated rings. The summed E-state index contributed by atoms with van der Waals surface area (Å²) >= 11 is 0. The van der Waals surface area contributed by atoms with E-state index in [2.05, 4.69) is 10.3 Å². The summed E-state index contributed by atoms with van der Waals surface area (Å²) in [7, 11) is 0. The first-order chi connectivity index (χ1) is 11.9. The summed E-state index contributed by atoms with van der Waals surface area (Å²) in [5.74, 6) is 0.288. The van der Waals surface area contributed by atoms with Crippen molar-refractivity contribution in [3.8, 4) is 0 Å². The van der Waals surface area contributed by atoms with Gasteiger partial charge in [-0.2, -0.15) is 0 Å². The van der Waals surface area contributed by atoms with Crippen LogP contribution < -0.4 is 16.6 Å². The highest BCUT2D eigenvalue weighted by Crippen LogP contribution is 2.22. The molecule has 25 heavy (non-hydrogen) atoms. The fourth-order valence-corrected chi connectivity index (χ4v) is 3.26. The molecule has 2 atom stereocenters. The van der Waals surface area contributed by atoms with Crippen LogP contribution in [0.1, 0.15) is 43.6 Å². The number of aromatic amines is 1. The van der Waals surface area contributed by atoms with Gasteiger partial charge in [0.05, 0.1) is 11.8 Å². The van der Waals surface area contributed by atoms with Gasteiger partial charge < -0.3 is 14.6 Å². The molecular formula is C17H22N4O4. The van der Waals surface area contributed by atoms with Gasteiger partial charge in [0, 0.05) is 30.7 Å². The topological polar surface area (TPSA) is 100 Å². The maximum absolute atomic E-state index is 12.5. The Bertz CT molecular complexity index is 834. The van der Waals surface area contributed by atoms with Crippen LogP contribution in [0.4, 0.5) is 5.82 Å². The van der Waals surface area contributed by atoms with Crippen LogP contribution in [-0.4, -0.2) is 39.0 Å². The Morgan fingerprint density at radius 3 is 2.76 bits per heavy atom. The second kappa shape index (κ2) is 6.62. The minimum Gasteiger partial charge on any atom is -0.472 e. The van der Waals surface area contributed by atoms with Crippen LogP contribution in [0.25, 0.3) is 0 Å². The van der Waals surface area contributed by atoms with E-state index in [4.69, 9.17) is 4.42 Å². The highest BCUT2D eigenvalue weighted by atomic mass is 16.3. The first-order valence-electron chi connectivity index (χ1n) is 8.32. The molecule has 0 spiro atoms. The number of amides is 1. The molecule has 8 heteroatoms. The lowest BCUT2D eigenvalue weighted by Gasteiger charge is -2.20. The average Bonchev–Trinajstić information content (AvgIpc) is 3.15. The molecule has 0 saturated carbocycles. The van der Waals surface area contributed by atoms with E-state index in [9.17, 15) is 14.4 Å². The molecule has 1 aliphatic heterocycles. The maximum atomic E-state index is 12.5. The van der Waals surface area contributed by atoms with E-state index in [1.54, 1.807) is 24.8 Å². The average molecular weight is 346 g/mol. The summed E-state index contributed by atoms with van der Waals surface area (Å²) in [6.45, 7) is 6.02. The van der Waals surface area contributed by atoms with Crippen LogP contribution in [0.15, 0.2) is 38.7 Å². The molecule has 0 aliphatic carbocycles. The predicted molar refractivity (Wildman–Crippen MR) is 92.9 cm³/mol. The van der Waals surface area contributed by atoms with Crippen LogP contribution in [0, 0.1) is 0 Å². The summed E-state index contributed by atoms with van der Waals surface area (Å²) in [6.07, 6.45) is 3.62. The minimum absolute atomic E-state index is 0.0441. The second-order valence-electron chi connectivity index (χ2n) is 6.69. The van der Waals surface area contributed by atoms with Crippen LogP contribution in [0.3, 0.4) is 0 Å². The molecule has 1 saturated heterocycles. The summed E-state index contributed by atoms with van der Waals surface area (Å²) in [6, 6.07) is 2.81. The van der Waals surface area contributed by atoms with Gasteiger partial charge in [0.15, 0.2) is 0 Å². The highest BCUT2D eigenvalue weighted by Gasteiger charge is 2.33. The number of hydrogen-bond donors (Lipinski definition) is 2. The van der Waals surface area contributed by atoms with Crippen LogP contribution in [0.2, 0.25) is 0 Å². The standard InChI is InChI=1S/C17H22N4O4/c1-10(2)21-15(22)7-14(19-17(21)24)18-13-6-11(3)20(8-13)16(23)12-4-5-25-9-12/h4-5,7,9-11,13,18H,6,8H2,1-3H3,(H,19,24). The quantitative estimate of drug-likeness (QED) is 0.872. The number of anilines is 1. The van der Waals surface area contributed by atoms with Gasteiger partial charge in [-0.1, -0.05) is 0 Å². The zero-order valence-electron chi connectivity index (χ0n) is 14.5. The number of aromatic nitrogens is 2. The molecule has 2 aromatic rings. The van der Waals surface area contributed by atoms with E-state index >= 15 is 0 Å². The molecule has 8 nitrogen and oxygen atoms in total. The van der Waals surface area contributed by atoms with E-state index < -0.39 is 5.69 Å². The first-order valence-corrected chi connectivity index (χ1v) is 8.32. The van der Waals surface area contributed by atoms with Crippen molar-refractivity contribution in [2.24, 2.45) is 0 Å². The lowest BCUT2D eigenvalue weighted by molar-refractivity contribution is 0.0746. The summed E-state index contributed by atoms with van der Waals surface area (Å²) in [5.41, 5.74) is -0.276. The summed E-state index contributed by atoms with van der Waals surface area (Å²) < 4.78 is 6.13. The Kier molecular flexibility index (Phi) is 4.52. The van der Waals surface area contributed by atoms with Crippen LogP contribution in [-0.2, 0) is 0 Å². The smallest absolute Gasteiger partial charge is 0.330 e. The number of rotatable bonds is 4. The van der Waals surface area contributed by atoms with Crippen molar-refractivity contribution in [2.75, 3.05) is 11.9 Å². The Morgan fingerprint density at radius 1 is 1.40 bits per heavy atom. The van der Waals surface area contributed by atoms with Gasteiger partial charge in [-0.05, 0) is 33.3 Å². The fraction of sp³-hybridized carbons (Fsp3) is 0.471. The van der Waals surface area contributed by atoms with Gasteiger partial charge >= 0.3 is 5.69 Å². The Balaban J connectivity index is 1.74. The van der Waals surface area contributed by atoms with Gasteiger partial charge in [0.1, 0.15) is 12.1 Å². The molecule has 134 valence electrons. The second-order valence-corrected chi connectivity index (χ2v) is 6.69. The molecule has 0 aromatic carbocycles. The van der Waals surface area contributed by atoms with E-state index in [1.807, 2.05) is 6.92 Å². The number of likely N-dealkylation sites (tertiary alicyclic amines) is 1. The highest BCUT2D eigenvalue weighted by molar-refractivity contribution is 5.94. The van der Waals surface area contributed by atoms with E-state index in [-0.39, 0.29) is 29.6 Å². The number of nitrogens with zero attached hydrogens (tertiary/aromatic N) is 2. The fourth-order valence-electron chi connectivity index (χ4n) is 3.26. The molecule has 3 rings (SSSR count). The van der Waals surface area contributed by atoms with Crippen molar-refractivity contribution in [1.29, 1.82) is 0 Å². The number of carbonyl (C=O) groups is 1. The molecular weight excluding hydrogens is 324 g/mol. The molecule has 1 amide bonds. The third-order valence-corrected chi connectivity index (χ3v) is 4.45. The molecule has 2 N–H and O–H groups in total. The van der Waals surface area contributed by atoms with Crippen molar-refractivity contribution in [2.45, 2.75) is 45.3 Å².